The maximum atomic E-state index is 13.0. The minimum absolute atomic E-state index is 0.0106. The van der Waals surface area contributed by atoms with Gasteiger partial charge in [-0.1, -0.05) is 60.7 Å². The predicted molar refractivity (Wildman–Crippen MR) is 199 cm³/mol. The molecule has 1 aliphatic carbocycles. The zero-order chi connectivity index (χ0) is 41.4. The first kappa shape index (κ1) is 44.0. The number of alkyl halides is 3. The standard InChI is InChI=1S/C41H44F3NO12/c1-53-38-21-27(16-20-39(49)55-24-28-11-13-29(14-12-28)25-56-45(51)52)15-19-37(38)57-40(50)10-5-3-2-4-9-33-34(36(48)23-35(33)47)18-17-31(46)26-54-32-8-6-7-30(22-32)41(42,43)44/h2,4,6-8,11-22,31,33-36,46-48H,3,5,9-10,23-26H2,1H3/t31-,33-,34-,35+,36-/m1/s1. The first-order valence-corrected chi connectivity index (χ1v) is 18.0. The van der Waals surface area contributed by atoms with E-state index in [0.29, 0.717) is 36.0 Å². The van der Waals surface area contributed by atoms with E-state index < -0.39 is 53.0 Å². The van der Waals surface area contributed by atoms with Gasteiger partial charge in [0.2, 0.25) is 0 Å². The quantitative estimate of drug-likeness (QED) is 0.0213. The lowest BCUT2D eigenvalue weighted by Crippen LogP contribution is -2.21. The summed E-state index contributed by atoms with van der Waals surface area (Å²) < 4.78 is 60.3. The topological polar surface area (TPSA) is 184 Å². The van der Waals surface area contributed by atoms with Crippen molar-refractivity contribution < 1.29 is 67.0 Å². The van der Waals surface area contributed by atoms with Crippen molar-refractivity contribution in [3.05, 3.63) is 129 Å². The van der Waals surface area contributed by atoms with Gasteiger partial charge in [-0.15, -0.1) is 10.1 Å². The number of ether oxygens (including phenoxy) is 4. The van der Waals surface area contributed by atoms with Crippen LogP contribution in [-0.2, 0) is 38.6 Å². The average molecular weight is 800 g/mol. The Bertz CT molecular complexity index is 1880. The van der Waals surface area contributed by atoms with Crippen LogP contribution in [-0.4, -0.2) is 64.4 Å². The Balaban J connectivity index is 1.17. The summed E-state index contributed by atoms with van der Waals surface area (Å²) >= 11 is 0. The fourth-order valence-electron chi connectivity index (χ4n) is 5.97. The van der Waals surface area contributed by atoms with Gasteiger partial charge in [0.1, 0.15) is 31.7 Å². The van der Waals surface area contributed by atoms with E-state index in [4.69, 9.17) is 18.9 Å². The fourth-order valence-corrected chi connectivity index (χ4v) is 5.97. The summed E-state index contributed by atoms with van der Waals surface area (Å²) in [7, 11) is 1.41. The summed E-state index contributed by atoms with van der Waals surface area (Å²) in [5, 5.41) is 40.8. The Morgan fingerprint density at radius 2 is 1.72 bits per heavy atom. The number of unbranched alkanes of at least 4 members (excludes halogenated alkanes) is 1. The molecule has 0 aliphatic heterocycles. The maximum absolute atomic E-state index is 13.0. The summed E-state index contributed by atoms with van der Waals surface area (Å²) in [6.07, 6.45) is 3.80. The molecular weight excluding hydrogens is 755 g/mol. The third-order valence-electron chi connectivity index (χ3n) is 8.94. The molecular formula is C41H44F3NO12. The van der Waals surface area contributed by atoms with Crippen LogP contribution in [0.4, 0.5) is 13.2 Å². The van der Waals surface area contributed by atoms with Crippen molar-refractivity contribution >= 4 is 18.0 Å². The highest BCUT2D eigenvalue weighted by Crippen LogP contribution is 2.37. The van der Waals surface area contributed by atoms with E-state index in [9.17, 15) is 48.2 Å². The molecule has 0 radical (unpaired) electrons. The molecule has 13 nitrogen and oxygen atoms in total. The zero-order valence-corrected chi connectivity index (χ0v) is 31.0. The summed E-state index contributed by atoms with van der Waals surface area (Å²) in [6.45, 7) is -0.502. The van der Waals surface area contributed by atoms with Crippen LogP contribution >= 0.6 is 0 Å². The highest BCUT2D eigenvalue weighted by Gasteiger charge is 2.39. The summed E-state index contributed by atoms with van der Waals surface area (Å²) in [6, 6.07) is 15.7. The molecule has 57 heavy (non-hydrogen) atoms. The third kappa shape index (κ3) is 14.7. The van der Waals surface area contributed by atoms with Crippen LogP contribution in [0, 0.1) is 22.0 Å². The number of methoxy groups -OCH3 is 1. The van der Waals surface area contributed by atoms with E-state index in [1.54, 1.807) is 48.5 Å². The van der Waals surface area contributed by atoms with Crippen molar-refractivity contribution in [3.63, 3.8) is 0 Å². The zero-order valence-electron chi connectivity index (χ0n) is 31.0. The van der Waals surface area contributed by atoms with Crippen LogP contribution in [0.2, 0.25) is 0 Å². The fraction of sp³-hybridized carbons (Fsp3) is 0.366. The van der Waals surface area contributed by atoms with Gasteiger partial charge in [0.15, 0.2) is 11.5 Å². The van der Waals surface area contributed by atoms with Gasteiger partial charge in [0, 0.05) is 24.8 Å². The monoisotopic (exact) mass is 799 g/mol. The van der Waals surface area contributed by atoms with Crippen molar-refractivity contribution in [3.8, 4) is 17.2 Å². The highest BCUT2D eigenvalue weighted by atomic mass is 19.4. The highest BCUT2D eigenvalue weighted by molar-refractivity contribution is 5.87. The number of esters is 2. The lowest BCUT2D eigenvalue weighted by molar-refractivity contribution is -0.763. The number of aliphatic hydroxyl groups is 3. The predicted octanol–water partition coefficient (Wildman–Crippen LogP) is 6.55. The maximum Gasteiger partial charge on any atom is 0.416 e. The van der Waals surface area contributed by atoms with Crippen LogP contribution < -0.4 is 14.2 Å². The SMILES string of the molecule is COc1cc(C=CC(=O)OCc2ccc(CO[N+](=O)[O-])cc2)ccc1OC(=O)CCCC=CC[C@@H]1[C@@H](C=C[C@@H](O)COc2cccc(C(F)(F)F)c2)[C@H](O)C[C@@H]1O. The number of allylic oxidation sites excluding steroid dienone is 2. The van der Waals surface area contributed by atoms with E-state index >= 15 is 0 Å². The molecule has 1 fully saturated rings. The molecule has 1 aliphatic rings. The third-order valence-corrected chi connectivity index (χ3v) is 8.94. The first-order chi connectivity index (χ1) is 27.2. The normalized spacial score (nSPS) is 18.9. The molecule has 4 rings (SSSR count). The number of carbonyl (C=O) groups is 2. The number of carbonyl (C=O) groups excluding carboxylic acids is 2. The molecule has 1 saturated carbocycles. The lowest BCUT2D eigenvalue weighted by Gasteiger charge is -2.19. The van der Waals surface area contributed by atoms with Crippen molar-refractivity contribution in [2.45, 2.75) is 69.8 Å². The average Bonchev–Trinajstić information content (AvgIpc) is 3.45. The number of aliphatic hydroxyl groups excluding tert-OH is 3. The molecule has 0 aromatic heterocycles. The number of nitrogens with zero attached hydrogens (tertiary/aromatic N) is 1. The van der Waals surface area contributed by atoms with E-state index in [-0.39, 0.29) is 55.8 Å². The van der Waals surface area contributed by atoms with Crippen molar-refractivity contribution in [2.24, 2.45) is 11.8 Å². The molecule has 0 amide bonds. The molecule has 0 heterocycles. The molecule has 0 unspecified atom stereocenters. The minimum atomic E-state index is -4.53. The van der Waals surface area contributed by atoms with Gasteiger partial charge in [-0.05, 0) is 78.3 Å². The number of hydrogen-bond donors (Lipinski definition) is 3. The number of halogens is 3. The van der Waals surface area contributed by atoms with Gasteiger partial charge in [0.25, 0.3) is 5.09 Å². The van der Waals surface area contributed by atoms with Gasteiger partial charge in [-0.3, -0.25) is 4.79 Å². The Morgan fingerprint density at radius 3 is 2.42 bits per heavy atom. The van der Waals surface area contributed by atoms with E-state index in [1.165, 1.54) is 37.5 Å². The van der Waals surface area contributed by atoms with Crippen LogP contribution in [0.15, 0.2) is 97.1 Å². The van der Waals surface area contributed by atoms with Gasteiger partial charge < -0.3 is 39.1 Å². The minimum Gasteiger partial charge on any atom is -0.493 e. The Hall–Kier alpha value is -5.71. The van der Waals surface area contributed by atoms with Crippen LogP contribution in [0.1, 0.15) is 54.4 Å². The molecule has 306 valence electrons. The van der Waals surface area contributed by atoms with E-state index in [0.717, 1.165) is 12.1 Å². The Morgan fingerprint density at radius 1 is 0.982 bits per heavy atom. The smallest absolute Gasteiger partial charge is 0.416 e. The van der Waals surface area contributed by atoms with Gasteiger partial charge in [-0.2, -0.15) is 13.2 Å². The van der Waals surface area contributed by atoms with E-state index in [1.807, 2.05) is 12.2 Å². The second-order valence-electron chi connectivity index (χ2n) is 13.1. The van der Waals surface area contributed by atoms with Crippen molar-refractivity contribution in [2.75, 3.05) is 13.7 Å². The van der Waals surface area contributed by atoms with Gasteiger partial charge in [-0.25, -0.2) is 4.79 Å². The molecule has 0 saturated heterocycles. The first-order valence-electron chi connectivity index (χ1n) is 18.0. The van der Waals surface area contributed by atoms with Gasteiger partial charge >= 0.3 is 18.1 Å². The summed E-state index contributed by atoms with van der Waals surface area (Å²) in [5.41, 5.74) is 0.986. The summed E-state index contributed by atoms with van der Waals surface area (Å²) in [5.74, 6) is -1.48. The summed E-state index contributed by atoms with van der Waals surface area (Å²) in [4.78, 5) is 39.4. The Kier molecular flexibility index (Phi) is 16.6. The lowest BCUT2D eigenvalue weighted by atomic mass is 9.89. The number of hydrogen-bond acceptors (Lipinski definition) is 12. The molecule has 0 spiro atoms. The number of benzene rings is 3. The van der Waals surface area contributed by atoms with Crippen molar-refractivity contribution in [1.82, 2.24) is 0 Å². The molecule has 3 aromatic carbocycles. The van der Waals surface area contributed by atoms with E-state index in [2.05, 4.69) is 4.84 Å². The molecule has 16 heteroatoms. The molecule has 5 atom stereocenters. The Labute approximate surface area is 326 Å². The molecule has 3 aromatic rings. The second-order valence-corrected chi connectivity index (χ2v) is 13.1. The second kappa shape index (κ2) is 21.6. The molecule has 3 N–H and O–H groups in total. The largest absolute Gasteiger partial charge is 0.493 e. The van der Waals surface area contributed by atoms with Crippen LogP contribution in [0.25, 0.3) is 6.08 Å². The van der Waals surface area contributed by atoms with Crippen LogP contribution in [0.3, 0.4) is 0 Å². The van der Waals surface area contributed by atoms with Gasteiger partial charge in [0.05, 0.1) is 24.9 Å². The van der Waals surface area contributed by atoms with Crippen LogP contribution in [0.5, 0.6) is 17.2 Å². The van der Waals surface area contributed by atoms with Crippen molar-refractivity contribution in [1.29, 1.82) is 0 Å². The molecule has 0 bridgehead atoms. The number of rotatable bonds is 20.